The van der Waals surface area contributed by atoms with E-state index in [2.05, 4.69) is 0 Å². The Labute approximate surface area is 81.2 Å². The summed E-state index contributed by atoms with van der Waals surface area (Å²) in [6.07, 6.45) is 3.64. The number of Topliss-reactive ketones (excluding diaryl/α,β-unsaturated/α-hetero) is 2. The number of hydrogen-bond acceptors (Lipinski definition) is 2. The highest BCUT2D eigenvalue weighted by atomic mass is 16.1. The molecule has 2 atom stereocenters. The molecular weight excluding hydrogens is 176 g/mol. The summed E-state index contributed by atoms with van der Waals surface area (Å²) in [4.78, 5) is 23.6. The first-order chi connectivity index (χ1) is 6.79. The second-order valence-electron chi connectivity index (χ2n) is 3.71. The highest BCUT2D eigenvalue weighted by Crippen LogP contribution is 2.37. The molecule has 2 aliphatic rings. The Kier molecular flexibility index (Phi) is 1.32. The van der Waals surface area contributed by atoms with Crippen molar-refractivity contribution in [3.05, 3.63) is 47.5 Å². The van der Waals surface area contributed by atoms with E-state index in [4.69, 9.17) is 0 Å². The zero-order valence-corrected chi connectivity index (χ0v) is 7.44. The zero-order chi connectivity index (χ0) is 9.71. The van der Waals surface area contributed by atoms with Gasteiger partial charge in [0.25, 0.3) is 0 Å². The summed E-state index contributed by atoms with van der Waals surface area (Å²) in [6.45, 7) is 0. The molecule has 3 rings (SSSR count). The van der Waals surface area contributed by atoms with Crippen LogP contribution in [0.2, 0.25) is 0 Å². The number of rotatable bonds is 0. The van der Waals surface area contributed by atoms with Gasteiger partial charge in [0.2, 0.25) is 0 Å². The molecule has 0 aliphatic heterocycles. The number of benzene rings is 1. The Bertz CT molecular complexity index is 428. The van der Waals surface area contributed by atoms with Crippen LogP contribution >= 0.6 is 0 Å². The normalized spacial score (nSPS) is 28.0. The van der Waals surface area contributed by atoms with E-state index < -0.39 is 0 Å². The molecule has 2 aliphatic carbocycles. The molecule has 2 heteroatoms. The molecule has 1 aromatic rings. The molecule has 0 heterocycles. The van der Waals surface area contributed by atoms with Crippen molar-refractivity contribution in [2.75, 3.05) is 0 Å². The molecular formula is C12H8O2. The average Bonchev–Trinajstić information content (AvgIpc) is 2.14. The second-order valence-corrected chi connectivity index (χ2v) is 3.71. The van der Waals surface area contributed by atoms with Crippen LogP contribution in [0.1, 0.15) is 20.7 Å². The molecule has 0 bridgehead atoms. The molecule has 0 amide bonds. The highest BCUT2D eigenvalue weighted by Gasteiger charge is 2.42. The first-order valence-electron chi connectivity index (χ1n) is 4.65. The summed E-state index contributed by atoms with van der Waals surface area (Å²) in [7, 11) is 0. The third-order valence-electron chi connectivity index (χ3n) is 2.98. The molecule has 68 valence electrons. The zero-order valence-electron chi connectivity index (χ0n) is 7.44. The Morgan fingerprint density at radius 2 is 1.21 bits per heavy atom. The topological polar surface area (TPSA) is 34.1 Å². The van der Waals surface area contributed by atoms with Gasteiger partial charge in [0.1, 0.15) is 0 Å². The summed E-state index contributed by atoms with van der Waals surface area (Å²) in [6, 6.07) is 7.06. The minimum atomic E-state index is -0.183. The maximum atomic E-state index is 11.8. The van der Waals surface area contributed by atoms with E-state index in [-0.39, 0.29) is 23.4 Å². The lowest BCUT2D eigenvalue weighted by Crippen LogP contribution is -2.38. The average molecular weight is 184 g/mol. The molecule has 2 unspecified atom stereocenters. The van der Waals surface area contributed by atoms with Crippen molar-refractivity contribution in [3.63, 3.8) is 0 Å². The minimum absolute atomic E-state index is 0.0905. The third kappa shape index (κ3) is 0.757. The van der Waals surface area contributed by atoms with Gasteiger partial charge in [-0.1, -0.05) is 36.4 Å². The number of hydrogen-bond donors (Lipinski definition) is 0. The SMILES string of the molecule is O=C1c2ccccc2C(=O)C2C=CC12. The fraction of sp³-hybridized carbons (Fsp3) is 0.167. The van der Waals surface area contributed by atoms with Gasteiger partial charge < -0.3 is 0 Å². The van der Waals surface area contributed by atoms with Crippen LogP contribution in [0.15, 0.2) is 36.4 Å². The van der Waals surface area contributed by atoms with Gasteiger partial charge in [-0.25, -0.2) is 0 Å². The molecule has 0 N–H and O–H groups in total. The number of allylic oxidation sites excluding steroid dienone is 2. The van der Waals surface area contributed by atoms with Crippen molar-refractivity contribution in [2.24, 2.45) is 11.8 Å². The number of ketones is 2. The van der Waals surface area contributed by atoms with Gasteiger partial charge in [0, 0.05) is 11.1 Å². The monoisotopic (exact) mass is 184 g/mol. The van der Waals surface area contributed by atoms with Crippen molar-refractivity contribution in [1.29, 1.82) is 0 Å². The van der Waals surface area contributed by atoms with Gasteiger partial charge in [-0.3, -0.25) is 9.59 Å². The molecule has 2 nitrogen and oxygen atoms in total. The molecule has 14 heavy (non-hydrogen) atoms. The van der Waals surface area contributed by atoms with Gasteiger partial charge >= 0.3 is 0 Å². The fourth-order valence-electron chi connectivity index (χ4n) is 2.11. The van der Waals surface area contributed by atoms with Crippen molar-refractivity contribution >= 4 is 11.6 Å². The summed E-state index contributed by atoms with van der Waals surface area (Å²) in [5.74, 6) is -0.185. The van der Waals surface area contributed by atoms with Crippen molar-refractivity contribution < 1.29 is 9.59 Å². The third-order valence-corrected chi connectivity index (χ3v) is 2.98. The van der Waals surface area contributed by atoms with Crippen LogP contribution in [-0.2, 0) is 0 Å². The quantitative estimate of drug-likeness (QED) is 0.577. The van der Waals surface area contributed by atoms with E-state index in [1.165, 1.54) is 0 Å². The molecule has 0 saturated carbocycles. The Hall–Kier alpha value is -1.70. The predicted molar refractivity (Wildman–Crippen MR) is 51.2 cm³/mol. The van der Waals surface area contributed by atoms with Gasteiger partial charge in [0.05, 0.1) is 11.8 Å². The smallest absolute Gasteiger partial charge is 0.171 e. The van der Waals surface area contributed by atoms with Crippen LogP contribution in [0.3, 0.4) is 0 Å². The molecule has 0 radical (unpaired) electrons. The van der Waals surface area contributed by atoms with Gasteiger partial charge in [-0.15, -0.1) is 0 Å². The first-order valence-corrected chi connectivity index (χ1v) is 4.65. The van der Waals surface area contributed by atoms with Crippen LogP contribution in [0, 0.1) is 11.8 Å². The van der Waals surface area contributed by atoms with Crippen LogP contribution < -0.4 is 0 Å². The van der Waals surface area contributed by atoms with Gasteiger partial charge in [-0.2, -0.15) is 0 Å². The summed E-state index contributed by atoms with van der Waals surface area (Å²) < 4.78 is 0. The lowest BCUT2D eigenvalue weighted by Gasteiger charge is -2.32. The highest BCUT2D eigenvalue weighted by molar-refractivity contribution is 6.18. The Balaban J connectivity index is 2.25. The number of fused-ring (bicyclic) bond motifs is 2. The van der Waals surface area contributed by atoms with E-state index in [0.29, 0.717) is 11.1 Å². The summed E-state index contributed by atoms with van der Waals surface area (Å²) in [5.41, 5.74) is 1.17. The van der Waals surface area contributed by atoms with E-state index in [1.54, 1.807) is 24.3 Å². The Morgan fingerprint density at radius 1 is 0.786 bits per heavy atom. The van der Waals surface area contributed by atoms with E-state index in [0.717, 1.165) is 0 Å². The van der Waals surface area contributed by atoms with Crippen LogP contribution in [-0.4, -0.2) is 11.6 Å². The molecule has 1 aromatic carbocycles. The first kappa shape index (κ1) is 7.68. The van der Waals surface area contributed by atoms with Crippen molar-refractivity contribution in [3.8, 4) is 0 Å². The molecule has 0 spiro atoms. The van der Waals surface area contributed by atoms with Gasteiger partial charge in [0.15, 0.2) is 11.6 Å². The van der Waals surface area contributed by atoms with Gasteiger partial charge in [-0.05, 0) is 0 Å². The molecule has 0 aromatic heterocycles. The number of carbonyl (C=O) groups excluding carboxylic acids is 2. The summed E-state index contributed by atoms with van der Waals surface area (Å²) in [5, 5.41) is 0. The van der Waals surface area contributed by atoms with Crippen LogP contribution in [0.25, 0.3) is 0 Å². The molecule has 0 fully saturated rings. The maximum Gasteiger partial charge on any atom is 0.171 e. The maximum absolute atomic E-state index is 11.8. The van der Waals surface area contributed by atoms with Crippen LogP contribution in [0.5, 0.6) is 0 Å². The predicted octanol–water partition coefficient (Wildman–Crippen LogP) is 1.87. The fourth-order valence-corrected chi connectivity index (χ4v) is 2.11. The minimum Gasteiger partial charge on any atom is -0.293 e. The largest absolute Gasteiger partial charge is 0.293 e. The van der Waals surface area contributed by atoms with E-state index in [9.17, 15) is 9.59 Å². The Morgan fingerprint density at radius 3 is 1.57 bits per heavy atom. The lowest BCUT2D eigenvalue weighted by molar-refractivity contribution is 0.0781. The van der Waals surface area contributed by atoms with Crippen molar-refractivity contribution in [2.45, 2.75) is 0 Å². The van der Waals surface area contributed by atoms with E-state index in [1.807, 2.05) is 12.2 Å². The second kappa shape index (κ2) is 2.41. The van der Waals surface area contributed by atoms with Crippen molar-refractivity contribution in [1.82, 2.24) is 0 Å². The van der Waals surface area contributed by atoms with E-state index >= 15 is 0 Å². The lowest BCUT2D eigenvalue weighted by atomic mass is 9.68. The number of carbonyl (C=O) groups is 2. The molecule has 0 saturated heterocycles. The summed E-state index contributed by atoms with van der Waals surface area (Å²) >= 11 is 0. The van der Waals surface area contributed by atoms with Crippen LogP contribution in [0.4, 0.5) is 0 Å². The standard InChI is InChI=1S/C12H8O2/c13-11-7-3-1-2-4-8(7)12(14)10-6-5-9(10)11/h1-6,9-10H.